The highest BCUT2D eigenvalue weighted by atomic mass is 31.2. The van der Waals surface area contributed by atoms with Gasteiger partial charge in [-0.2, -0.15) is 0 Å². The number of aliphatic hydroxyl groups excluding tert-OH is 1. The van der Waals surface area contributed by atoms with E-state index in [4.69, 9.17) is 37.0 Å². The van der Waals surface area contributed by atoms with Gasteiger partial charge in [-0.25, -0.2) is 9.13 Å². The number of rotatable bonds is 71. The molecule has 5 unspecified atom stereocenters. The van der Waals surface area contributed by atoms with Gasteiger partial charge in [-0.1, -0.05) is 268 Å². The zero-order valence-electron chi connectivity index (χ0n) is 59.6. The van der Waals surface area contributed by atoms with E-state index in [1.54, 1.807) is 0 Å². The molecule has 0 aromatic heterocycles. The Morgan fingerprint density at radius 3 is 0.894 bits per heavy atom. The lowest BCUT2D eigenvalue weighted by molar-refractivity contribution is -0.161. The zero-order valence-corrected chi connectivity index (χ0v) is 61.4. The fraction of sp³-hybridized carbons (Fsp3) is 0.813. The number of aliphatic hydroxyl groups is 1. The Morgan fingerprint density at radius 2 is 0.564 bits per heavy atom. The number of unbranched alkanes of at least 4 members (excludes halogenated alkanes) is 35. The van der Waals surface area contributed by atoms with Crippen molar-refractivity contribution in [1.29, 1.82) is 0 Å². The number of hydrogen-bond acceptors (Lipinski definition) is 15. The minimum Gasteiger partial charge on any atom is -0.462 e. The Bertz CT molecular complexity index is 2030. The minimum absolute atomic E-state index is 0.0845. The van der Waals surface area contributed by atoms with Crippen LogP contribution in [-0.2, 0) is 65.4 Å². The number of allylic oxidation sites excluding steroid dienone is 10. The molecule has 0 radical (unpaired) electrons. The Hall–Kier alpha value is -3.24. The van der Waals surface area contributed by atoms with Crippen LogP contribution >= 0.6 is 15.6 Å². The van der Waals surface area contributed by atoms with E-state index in [0.29, 0.717) is 25.7 Å². The first-order chi connectivity index (χ1) is 45.7. The highest BCUT2D eigenvalue weighted by Gasteiger charge is 2.30. The van der Waals surface area contributed by atoms with Gasteiger partial charge in [0.1, 0.15) is 19.3 Å². The van der Waals surface area contributed by atoms with Gasteiger partial charge in [0.05, 0.1) is 26.4 Å². The Kier molecular flexibility index (Phi) is 65.9. The van der Waals surface area contributed by atoms with Crippen molar-refractivity contribution < 1.29 is 80.2 Å². The topological polar surface area (TPSA) is 237 Å². The van der Waals surface area contributed by atoms with Crippen molar-refractivity contribution in [2.45, 2.75) is 354 Å². The van der Waals surface area contributed by atoms with Gasteiger partial charge in [0, 0.05) is 25.7 Å². The van der Waals surface area contributed by atoms with E-state index in [2.05, 4.69) is 88.5 Å². The van der Waals surface area contributed by atoms with Crippen molar-refractivity contribution in [3.63, 3.8) is 0 Å². The summed E-state index contributed by atoms with van der Waals surface area (Å²) in [5.41, 5.74) is 0. The molecule has 17 nitrogen and oxygen atoms in total. The molecule has 0 aromatic carbocycles. The average Bonchev–Trinajstić information content (AvgIpc) is 1.36. The van der Waals surface area contributed by atoms with Crippen molar-refractivity contribution in [3.05, 3.63) is 60.8 Å². The largest absolute Gasteiger partial charge is 0.472 e. The van der Waals surface area contributed by atoms with Gasteiger partial charge in [0.15, 0.2) is 12.2 Å². The molecule has 0 aromatic rings. The van der Waals surface area contributed by atoms with Crippen LogP contribution in [0.5, 0.6) is 0 Å². The van der Waals surface area contributed by atoms with Gasteiger partial charge in [0.2, 0.25) is 0 Å². The Morgan fingerprint density at radius 1 is 0.309 bits per heavy atom. The Labute approximate surface area is 571 Å². The van der Waals surface area contributed by atoms with E-state index < -0.39 is 97.5 Å². The number of carbonyl (C=O) groups is 4. The second kappa shape index (κ2) is 68.3. The van der Waals surface area contributed by atoms with Crippen LogP contribution in [0.4, 0.5) is 0 Å². The third-order valence-electron chi connectivity index (χ3n) is 16.0. The van der Waals surface area contributed by atoms with Crippen molar-refractivity contribution in [2.24, 2.45) is 0 Å². The molecule has 0 spiro atoms. The fourth-order valence-corrected chi connectivity index (χ4v) is 11.8. The maximum atomic E-state index is 13.1. The van der Waals surface area contributed by atoms with Crippen LogP contribution in [0, 0.1) is 0 Å². The third kappa shape index (κ3) is 67.3. The van der Waals surface area contributed by atoms with E-state index in [0.717, 1.165) is 148 Å². The van der Waals surface area contributed by atoms with Gasteiger partial charge in [-0.15, -0.1) is 0 Å². The van der Waals surface area contributed by atoms with Crippen LogP contribution in [0.3, 0.4) is 0 Å². The van der Waals surface area contributed by atoms with Crippen molar-refractivity contribution in [2.75, 3.05) is 39.6 Å². The average molecular weight is 1370 g/mol. The molecular weight excluding hydrogens is 1230 g/mol. The summed E-state index contributed by atoms with van der Waals surface area (Å²) >= 11 is 0. The molecule has 0 fully saturated rings. The first kappa shape index (κ1) is 90.8. The summed E-state index contributed by atoms with van der Waals surface area (Å²) in [5.74, 6) is -2.19. The number of phosphoric acid groups is 2. The molecule has 19 heteroatoms. The number of esters is 4. The lowest BCUT2D eigenvalue weighted by Crippen LogP contribution is -2.30. The predicted molar refractivity (Wildman–Crippen MR) is 381 cm³/mol. The SMILES string of the molecule is CC/C=C\C/C=C\C/C=C\CCCCCCCC(=O)OCC(COP(=O)(O)OCC(O)COP(=O)(O)OCC(COC(=O)CCCCCCCCCCCCCCC)OC(=O)CCCCCCC/C=C\CCCC)OC(=O)CCCCCCC/C=C\CCCCCCCC. The summed E-state index contributed by atoms with van der Waals surface area (Å²) in [4.78, 5) is 72.7. The van der Waals surface area contributed by atoms with Crippen molar-refractivity contribution in [1.82, 2.24) is 0 Å². The number of ether oxygens (including phenoxy) is 4. The standard InChI is InChI=1S/C75H136O17P2/c1-5-9-13-17-21-25-29-32-34-37-41-44-48-52-56-60-73(78)86-66-71(92-75(80)62-58-54-50-46-42-38-35-33-30-26-22-18-14-10-6-2)68-90-94(83,84)88-64-69(76)63-87-93(81,82)89-67-70(91-74(79)61-57-53-49-45-39-28-24-20-16-12-8-4)65-85-72(77)59-55-51-47-43-40-36-31-27-23-19-15-11-7-3/h9,13,20-21,24-25,32-35,69-71,76H,5-8,10-12,14-19,22-23,26-31,36-68H2,1-4H3,(H,81,82)(H,83,84)/b13-9-,24-20-,25-21-,34-32-,35-33-. The highest BCUT2D eigenvalue weighted by Crippen LogP contribution is 2.45. The van der Waals surface area contributed by atoms with Gasteiger partial charge in [-0.05, 0) is 103 Å². The second-order valence-corrected chi connectivity index (χ2v) is 28.1. The quantitative estimate of drug-likeness (QED) is 0.0169. The summed E-state index contributed by atoms with van der Waals surface area (Å²) in [6.45, 7) is 4.72. The van der Waals surface area contributed by atoms with Crippen LogP contribution < -0.4 is 0 Å². The van der Waals surface area contributed by atoms with E-state index in [9.17, 15) is 43.2 Å². The molecule has 0 saturated heterocycles. The summed E-state index contributed by atoms with van der Waals surface area (Å²) in [6, 6.07) is 0. The van der Waals surface area contributed by atoms with E-state index >= 15 is 0 Å². The van der Waals surface area contributed by atoms with Crippen molar-refractivity contribution >= 4 is 39.5 Å². The molecule has 0 aliphatic heterocycles. The number of hydrogen-bond donors (Lipinski definition) is 3. The molecule has 0 amide bonds. The molecule has 0 aliphatic carbocycles. The molecule has 0 bridgehead atoms. The van der Waals surface area contributed by atoms with Gasteiger partial charge in [0.25, 0.3) is 0 Å². The summed E-state index contributed by atoms with van der Waals surface area (Å²) in [7, 11) is -9.93. The number of phosphoric ester groups is 2. The summed E-state index contributed by atoms with van der Waals surface area (Å²) in [6.07, 6.45) is 65.0. The van der Waals surface area contributed by atoms with Crippen LogP contribution in [0.25, 0.3) is 0 Å². The molecule has 94 heavy (non-hydrogen) atoms. The van der Waals surface area contributed by atoms with Crippen LogP contribution in [-0.4, -0.2) is 96.7 Å². The van der Waals surface area contributed by atoms with Gasteiger partial charge in [-0.3, -0.25) is 37.3 Å². The van der Waals surface area contributed by atoms with E-state index in [-0.39, 0.29) is 25.7 Å². The van der Waals surface area contributed by atoms with Crippen LogP contribution in [0.1, 0.15) is 336 Å². The van der Waals surface area contributed by atoms with Gasteiger partial charge < -0.3 is 33.8 Å². The maximum absolute atomic E-state index is 13.1. The van der Waals surface area contributed by atoms with Crippen LogP contribution in [0.15, 0.2) is 60.8 Å². The molecule has 5 atom stereocenters. The smallest absolute Gasteiger partial charge is 0.462 e. The summed E-state index contributed by atoms with van der Waals surface area (Å²) in [5, 5.41) is 10.6. The highest BCUT2D eigenvalue weighted by molar-refractivity contribution is 7.47. The van der Waals surface area contributed by atoms with E-state index in [1.807, 2.05) is 0 Å². The lowest BCUT2D eigenvalue weighted by atomic mass is 10.0. The van der Waals surface area contributed by atoms with Crippen molar-refractivity contribution in [3.8, 4) is 0 Å². The van der Waals surface area contributed by atoms with E-state index in [1.165, 1.54) is 109 Å². The molecule has 0 saturated carbocycles. The molecule has 0 rings (SSSR count). The molecule has 0 aliphatic rings. The minimum atomic E-state index is -4.97. The fourth-order valence-electron chi connectivity index (χ4n) is 10.2. The second-order valence-electron chi connectivity index (χ2n) is 25.2. The molecule has 3 N–H and O–H groups in total. The first-order valence-corrected chi connectivity index (χ1v) is 40.5. The monoisotopic (exact) mass is 1370 g/mol. The number of carbonyl (C=O) groups excluding carboxylic acids is 4. The summed E-state index contributed by atoms with van der Waals surface area (Å²) < 4.78 is 68.4. The normalized spacial score (nSPS) is 14.3. The third-order valence-corrected chi connectivity index (χ3v) is 17.9. The Balaban J connectivity index is 5.32. The maximum Gasteiger partial charge on any atom is 0.472 e. The van der Waals surface area contributed by atoms with Gasteiger partial charge >= 0.3 is 39.5 Å². The zero-order chi connectivity index (χ0) is 69.0. The molecular formula is C75H136O17P2. The molecule has 0 heterocycles. The predicted octanol–water partition coefficient (Wildman–Crippen LogP) is 21.1. The first-order valence-electron chi connectivity index (χ1n) is 37.5. The lowest BCUT2D eigenvalue weighted by Gasteiger charge is -2.21. The van der Waals surface area contributed by atoms with Crippen LogP contribution in [0.2, 0.25) is 0 Å². The molecule has 548 valence electrons.